The molecule has 0 aliphatic carbocycles. The van der Waals surface area contributed by atoms with Crippen molar-refractivity contribution in [2.45, 2.75) is 6.04 Å². The molecule has 1 N–H and O–H groups in total. The van der Waals surface area contributed by atoms with E-state index in [1.807, 2.05) is 19.2 Å². The van der Waals surface area contributed by atoms with Crippen molar-refractivity contribution in [1.82, 2.24) is 24.6 Å². The van der Waals surface area contributed by atoms with Crippen molar-refractivity contribution in [3.63, 3.8) is 0 Å². The Morgan fingerprint density at radius 1 is 1.19 bits per heavy atom. The van der Waals surface area contributed by atoms with Crippen LogP contribution in [0.5, 0.6) is 0 Å². The van der Waals surface area contributed by atoms with E-state index < -0.39 is 0 Å². The fourth-order valence-corrected chi connectivity index (χ4v) is 3.33. The van der Waals surface area contributed by atoms with Gasteiger partial charge in [-0.25, -0.2) is 14.4 Å². The number of nitrogens with one attached hydrogen (secondary N) is 1. The lowest BCUT2D eigenvalue weighted by Crippen LogP contribution is -2.41. The summed E-state index contributed by atoms with van der Waals surface area (Å²) >= 11 is 0. The molecule has 3 aromatic rings. The first-order valence-corrected chi connectivity index (χ1v) is 8.66. The zero-order chi connectivity index (χ0) is 17.9. The summed E-state index contributed by atoms with van der Waals surface area (Å²) in [6, 6.07) is 6.80. The van der Waals surface area contributed by atoms with Crippen LogP contribution in [0.4, 0.5) is 10.2 Å². The Hall–Kier alpha value is -2.58. The summed E-state index contributed by atoms with van der Waals surface area (Å²) in [6.07, 6.45) is 3.30. The first-order valence-electron chi connectivity index (χ1n) is 8.66. The molecule has 0 saturated carbocycles. The molecule has 1 aliphatic rings. The molecule has 3 heterocycles. The molecule has 26 heavy (non-hydrogen) atoms. The molecule has 1 atom stereocenters. The Balaban J connectivity index is 1.58. The van der Waals surface area contributed by atoms with Gasteiger partial charge in [0.2, 0.25) is 0 Å². The van der Waals surface area contributed by atoms with Crippen LogP contribution in [0.15, 0.2) is 36.8 Å². The molecule has 1 aromatic carbocycles. The molecule has 136 valence electrons. The summed E-state index contributed by atoms with van der Waals surface area (Å²) in [5, 5.41) is 8.56. The van der Waals surface area contributed by atoms with Gasteiger partial charge >= 0.3 is 0 Å². The number of ether oxygens (including phenoxy) is 1. The third-order valence-corrected chi connectivity index (χ3v) is 4.73. The largest absolute Gasteiger partial charge is 0.379 e. The molecule has 0 radical (unpaired) electrons. The van der Waals surface area contributed by atoms with Crippen molar-refractivity contribution in [2.75, 3.05) is 38.2 Å². The first-order chi connectivity index (χ1) is 12.7. The van der Waals surface area contributed by atoms with Gasteiger partial charge in [0.05, 0.1) is 30.8 Å². The highest BCUT2D eigenvalue weighted by Crippen LogP contribution is 2.24. The lowest BCUT2D eigenvalue weighted by Gasteiger charge is -2.35. The van der Waals surface area contributed by atoms with Gasteiger partial charge in [0.15, 0.2) is 5.65 Å². The smallest absolute Gasteiger partial charge is 0.163 e. The second-order valence-corrected chi connectivity index (χ2v) is 6.32. The highest BCUT2D eigenvalue weighted by molar-refractivity contribution is 5.85. The Morgan fingerprint density at radius 2 is 1.96 bits per heavy atom. The Labute approximate surface area is 150 Å². The standard InChI is InChI=1S/C18H21FN6O/c1-24-18-15(10-23-24)17(21-12-22-18)20-11-16(25-6-8-26-9-7-25)13-2-4-14(19)5-3-13/h2-5,10,12,16H,6-9,11H2,1H3,(H,20,21,22). The van der Waals surface area contributed by atoms with Crippen molar-refractivity contribution in [3.8, 4) is 0 Å². The Morgan fingerprint density at radius 3 is 2.73 bits per heavy atom. The zero-order valence-electron chi connectivity index (χ0n) is 14.6. The number of hydrogen-bond acceptors (Lipinski definition) is 6. The van der Waals surface area contributed by atoms with E-state index in [-0.39, 0.29) is 11.9 Å². The molecule has 1 saturated heterocycles. The predicted octanol–water partition coefficient (Wildman–Crippen LogP) is 1.99. The number of fused-ring (bicyclic) bond motifs is 1. The first kappa shape index (κ1) is 16.9. The number of rotatable bonds is 5. The van der Waals surface area contributed by atoms with Crippen LogP contribution in [0.3, 0.4) is 0 Å². The van der Waals surface area contributed by atoms with Gasteiger partial charge in [-0.2, -0.15) is 5.10 Å². The fourth-order valence-electron chi connectivity index (χ4n) is 3.33. The molecule has 2 aromatic heterocycles. The normalized spacial score (nSPS) is 16.7. The number of morpholine rings is 1. The number of halogens is 1. The molecule has 1 aliphatic heterocycles. The van der Waals surface area contributed by atoms with E-state index in [1.54, 1.807) is 10.9 Å². The summed E-state index contributed by atoms with van der Waals surface area (Å²) in [6.45, 7) is 3.74. The topological polar surface area (TPSA) is 68.1 Å². The Kier molecular flexibility index (Phi) is 4.77. The maximum Gasteiger partial charge on any atom is 0.163 e. The number of benzene rings is 1. The van der Waals surface area contributed by atoms with E-state index in [9.17, 15) is 4.39 Å². The highest BCUT2D eigenvalue weighted by Gasteiger charge is 2.23. The molecular formula is C18H21FN6O. The molecule has 0 bridgehead atoms. The molecule has 1 fully saturated rings. The molecule has 7 nitrogen and oxygen atoms in total. The third kappa shape index (κ3) is 3.38. The summed E-state index contributed by atoms with van der Waals surface area (Å²) in [5.74, 6) is 0.527. The van der Waals surface area contributed by atoms with E-state index in [0.717, 1.165) is 35.5 Å². The maximum absolute atomic E-state index is 13.3. The van der Waals surface area contributed by atoms with Crippen molar-refractivity contribution in [1.29, 1.82) is 0 Å². The van der Waals surface area contributed by atoms with Gasteiger partial charge in [0.25, 0.3) is 0 Å². The Bertz CT molecular complexity index is 875. The van der Waals surface area contributed by atoms with Crippen LogP contribution in [-0.4, -0.2) is 57.5 Å². The molecule has 0 amide bonds. The van der Waals surface area contributed by atoms with Crippen molar-refractivity contribution >= 4 is 16.9 Å². The second-order valence-electron chi connectivity index (χ2n) is 6.32. The van der Waals surface area contributed by atoms with Gasteiger partial charge in [-0.3, -0.25) is 9.58 Å². The number of aromatic nitrogens is 4. The van der Waals surface area contributed by atoms with E-state index in [4.69, 9.17) is 4.74 Å². The highest BCUT2D eigenvalue weighted by atomic mass is 19.1. The lowest BCUT2D eigenvalue weighted by atomic mass is 10.0. The summed E-state index contributed by atoms with van der Waals surface area (Å²) in [5.41, 5.74) is 1.85. The average Bonchev–Trinajstić information content (AvgIpc) is 3.06. The molecule has 8 heteroatoms. The van der Waals surface area contributed by atoms with Gasteiger partial charge in [0, 0.05) is 26.7 Å². The number of aryl methyl sites for hydroxylation is 1. The number of nitrogens with zero attached hydrogens (tertiary/aromatic N) is 5. The number of anilines is 1. The summed E-state index contributed by atoms with van der Waals surface area (Å²) < 4.78 is 20.5. The van der Waals surface area contributed by atoms with Crippen LogP contribution < -0.4 is 5.32 Å². The van der Waals surface area contributed by atoms with Gasteiger partial charge in [0.1, 0.15) is 18.0 Å². The van der Waals surface area contributed by atoms with Crippen LogP contribution in [0, 0.1) is 5.82 Å². The fraction of sp³-hybridized carbons (Fsp3) is 0.389. The summed E-state index contributed by atoms with van der Waals surface area (Å²) in [4.78, 5) is 11.0. The van der Waals surface area contributed by atoms with Gasteiger partial charge in [-0.15, -0.1) is 0 Å². The van der Waals surface area contributed by atoms with Gasteiger partial charge in [-0.05, 0) is 17.7 Å². The van der Waals surface area contributed by atoms with E-state index in [1.165, 1.54) is 18.5 Å². The molecule has 4 rings (SSSR count). The van der Waals surface area contributed by atoms with E-state index in [0.29, 0.717) is 19.8 Å². The van der Waals surface area contributed by atoms with E-state index >= 15 is 0 Å². The minimum atomic E-state index is -0.227. The molecular weight excluding hydrogens is 335 g/mol. The minimum Gasteiger partial charge on any atom is -0.379 e. The lowest BCUT2D eigenvalue weighted by molar-refractivity contribution is 0.0187. The minimum absolute atomic E-state index is 0.0983. The van der Waals surface area contributed by atoms with Crippen LogP contribution >= 0.6 is 0 Å². The van der Waals surface area contributed by atoms with Gasteiger partial charge in [-0.1, -0.05) is 12.1 Å². The van der Waals surface area contributed by atoms with Crippen LogP contribution in [0.2, 0.25) is 0 Å². The molecule has 0 spiro atoms. The second kappa shape index (κ2) is 7.35. The van der Waals surface area contributed by atoms with E-state index in [2.05, 4.69) is 25.3 Å². The van der Waals surface area contributed by atoms with Gasteiger partial charge < -0.3 is 10.1 Å². The summed E-state index contributed by atoms with van der Waals surface area (Å²) in [7, 11) is 1.86. The van der Waals surface area contributed by atoms with Crippen LogP contribution in [-0.2, 0) is 11.8 Å². The van der Waals surface area contributed by atoms with Crippen molar-refractivity contribution in [2.24, 2.45) is 7.05 Å². The van der Waals surface area contributed by atoms with Crippen LogP contribution in [0.25, 0.3) is 11.0 Å². The third-order valence-electron chi connectivity index (χ3n) is 4.73. The number of hydrogen-bond donors (Lipinski definition) is 1. The zero-order valence-corrected chi connectivity index (χ0v) is 14.6. The maximum atomic E-state index is 13.3. The predicted molar refractivity (Wildman–Crippen MR) is 96.3 cm³/mol. The SMILES string of the molecule is Cn1ncc2c(NCC(c3ccc(F)cc3)N3CCOCC3)ncnc21. The van der Waals surface area contributed by atoms with Crippen LogP contribution in [0.1, 0.15) is 11.6 Å². The molecule has 1 unspecified atom stereocenters. The average molecular weight is 356 g/mol. The van der Waals surface area contributed by atoms with Crippen molar-refractivity contribution in [3.05, 3.63) is 48.2 Å². The quantitative estimate of drug-likeness (QED) is 0.754. The monoisotopic (exact) mass is 356 g/mol. The van der Waals surface area contributed by atoms with Crippen molar-refractivity contribution < 1.29 is 9.13 Å².